The quantitative estimate of drug-likeness (QED) is 0.143. The highest BCUT2D eigenvalue weighted by atomic mass is 79.9. The second-order valence-electron chi connectivity index (χ2n) is 7.39. The van der Waals surface area contributed by atoms with Crippen molar-refractivity contribution in [3.8, 4) is 11.8 Å². The van der Waals surface area contributed by atoms with Gasteiger partial charge in [0.2, 0.25) is 0 Å². The molecule has 1 aromatic carbocycles. The normalized spacial score (nSPS) is 13.4. The third-order valence-corrected chi connectivity index (χ3v) is 10.5. The van der Waals surface area contributed by atoms with Gasteiger partial charge in [-0.25, -0.2) is 0 Å². The van der Waals surface area contributed by atoms with Gasteiger partial charge < -0.3 is 14.3 Å². The molecule has 162 valence electrons. The minimum absolute atomic E-state index is 0.0511. The van der Waals surface area contributed by atoms with Crippen molar-refractivity contribution in [1.29, 1.82) is 0 Å². The maximum absolute atomic E-state index is 10.0. The molecule has 1 unspecified atom stereocenters. The van der Waals surface area contributed by atoms with E-state index in [0.717, 1.165) is 41.0 Å². The van der Waals surface area contributed by atoms with Crippen LogP contribution in [0.2, 0.25) is 18.1 Å². The molecule has 5 heteroatoms. The SMILES string of the molecule is C=CCCCC(O)C#CC[C@@H](COCc1ccc(Br)cc1)O[Si](CC)(CC)CC. The second-order valence-corrected chi connectivity index (χ2v) is 13.0. The van der Waals surface area contributed by atoms with Gasteiger partial charge in [0, 0.05) is 10.9 Å². The number of halogens is 1. The van der Waals surface area contributed by atoms with Crippen molar-refractivity contribution in [2.24, 2.45) is 0 Å². The number of unbranched alkanes of at least 4 members (excludes halogenated alkanes) is 1. The third-order valence-electron chi connectivity index (χ3n) is 5.32. The summed E-state index contributed by atoms with van der Waals surface area (Å²) in [5.74, 6) is 6.12. The first-order valence-corrected chi connectivity index (χ1v) is 14.1. The lowest BCUT2D eigenvalue weighted by Gasteiger charge is -2.32. The molecule has 0 amide bonds. The Morgan fingerprint density at radius 2 is 1.83 bits per heavy atom. The lowest BCUT2D eigenvalue weighted by atomic mass is 10.1. The molecular weight excluding hydrogens is 444 g/mol. The van der Waals surface area contributed by atoms with Gasteiger partial charge in [-0.2, -0.15) is 0 Å². The lowest BCUT2D eigenvalue weighted by Crippen LogP contribution is -2.41. The summed E-state index contributed by atoms with van der Waals surface area (Å²) in [7, 11) is -1.75. The largest absolute Gasteiger partial charge is 0.411 e. The molecule has 0 saturated carbocycles. The first-order chi connectivity index (χ1) is 14.0. The fraction of sp³-hybridized carbons (Fsp3) is 0.583. The molecular formula is C24H37BrO3Si. The van der Waals surface area contributed by atoms with Crippen molar-refractivity contribution < 1.29 is 14.3 Å². The average Bonchev–Trinajstić information content (AvgIpc) is 2.73. The van der Waals surface area contributed by atoms with Gasteiger partial charge in [-0.05, 0) is 55.1 Å². The summed E-state index contributed by atoms with van der Waals surface area (Å²) in [6, 6.07) is 11.5. The Labute approximate surface area is 187 Å². The van der Waals surface area contributed by atoms with Gasteiger partial charge in [-0.15, -0.1) is 6.58 Å². The van der Waals surface area contributed by atoms with E-state index in [1.165, 1.54) is 0 Å². The van der Waals surface area contributed by atoms with Crippen LogP contribution in [0.4, 0.5) is 0 Å². The summed E-state index contributed by atoms with van der Waals surface area (Å²) in [5.41, 5.74) is 1.14. The van der Waals surface area contributed by atoms with Gasteiger partial charge in [0.25, 0.3) is 0 Å². The summed E-state index contributed by atoms with van der Waals surface area (Å²) in [4.78, 5) is 0. The monoisotopic (exact) mass is 480 g/mol. The van der Waals surface area contributed by atoms with E-state index in [2.05, 4.69) is 67.3 Å². The van der Waals surface area contributed by atoms with Gasteiger partial charge in [0.05, 0.1) is 19.3 Å². The predicted octanol–water partition coefficient (Wildman–Crippen LogP) is 6.47. The fourth-order valence-electron chi connectivity index (χ4n) is 3.20. The maximum Gasteiger partial charge on any atom is 0.192 e. The Balaban J connectivity index is 2.67. The van der Waals surface area contributed by atoms with E-state index in [9.17, 15) is 5.11 Å². The first-order valence-electron chi connectivity index (χ1n) is 10.8. The van der Waals surface area contributed by atoms with Gasteiger partial charge in [0.1, 0.15) is 6.10 Å². The van der Waals surface area contributed by atoms with Crippen LogP contribution in [0.5, 0.6) is 0 Å². The summed E-state index contributed by atoms with van der Waals surface area (Å²) < 4.78 is 13.7. The molecule has 0 aliphatic carbocycles. The van der Waals surface area contributed by atoms with E-state index < -0.39 is 14.4 Å². The molecule has 0 aliphatic rings. The number of rotatable bonds is 14. The second kappa shape index (κ2) is 15.0. The van der Waals surface area contributed by atoms with E-state index >= 15 is 0 Å². The van der Waals surface area contributed by atoms with Gasteiger partial charge in [-0.1, -0.05) is 66.8 Å². The van der Waals surface area contributed by atoms with Gasteiger partial charge in [-0.3, -0.25) is 0 Å². The molecule has 29 heavy (non-hydrogen) atoms. The predicted molar refractivity (Wildman–Crippen MR) is 128 cm³/mol. The summed E-state index contributed by atoms with van der Waals surface area (Å²) in [6.07, 6.45) is 4.33. The Morgan fingerprint density at radius 3 is 2.41 bits per heavy atom. The summed E-state index contributed by atoms with van der Waals surface area (Å²) in [5, 5.41) is 10.0. The molecule has 1 aromatic rings. The molecule has 0 bridgehead atoms. The van der Waals surface area contributed by atoms with E-state index in [1.807, 2.05) is 18.2 Å². The molecule has 3 nitrogen and oxygen atoms in total. The van der Waals surface area contributed by atoms with Crippen LogP contribution < -0.4 is 0 Å². The topological polar surface area (TPSA) is 38.7 Å². The molecule has 0 fully saturated rings. The minimum atomic E-state index is -1.75. The Morgan fingerprint density at radius 1 is 1.17 bits per heavy atom. The van der Waals surface area contributed by atoms with Crippen molar-refractivity contribution in [3.05, 3.63) is 47.0 Å². The molecule has 0 saturated heterocycles. The molecule has 0 heterocycles. The minimum Gasteiger partial charge on any atom is -0.411 e. The molecule has 2 atom stereocenters. The van der Waals surface area contributed by atoms with Crippen LogP contribution in [0.1, 0.15) is 52.0 Å². The summed E-state index contributed by atoms with van der Waals surface area (Å²) in [6.45, 7) is 11.5. The first kappa shape index (κ1) is 26.1. The molecule has 0 spiro atoms. The third kappa shape index (κ3) is 10.6. The van der Waals surface area contributed by atoms with E-state index in [4.69, 9.17) is 9.16 Å². The highest BCUT2D eigenvalue weighted by Gasteiger charge is 2.31. The number of allylic oxidation sites excluding steroid dienone is 1. The zero-order valence-corrected chi connectivity index (χ0v) is 20.8. The highest BCUT2D eigenvalue weighted by molar-refractivity contribution is 9.10. The number of hydrogen-bond acceptors (Lipinski definition) is 3. The van der Waals surface area contributed by atoms with Gasteiger partial charge >= 0.3 is 0 Å². The molecule has 0 aromatic heterocycles. The Bertz CT molecular complexity index is 624. The van der Waals surface area contributed by atoms with Crippen LogP contribution in [0.15, 0.2) is 41.4 Å². The molecule has 1 N–H and O–H groups in total. The molecule has 0 radical (unpaired) electrons. The van der Waals surface area contributed by atoms with Crippen molar-refractivity contribution in [2.45, 2.75) is 83.4 Å². The van der Waals surface area contributed by atoms with Crippen LogP contribution in [-0.2, 0) is 15.8 Å². The number of aliphatic hydroxyl groups excluding tert-OH is 1. The zero-order chi connectivity index (χ0) is 21.5. The molecule has 1 rings (SSSR count). The molecule has 0 aliphatic heterocycles. The maximum atomic E-state index is 10.0. The van der Waals surface area contributed by atoms with E-state index in [0.29, 0.717) is 26.1 Å². The Hall–Kier alpha value is -0.903. The number of hydrogen-bond donors (Lipinski definition) is 1. The average molecular weight is 482 g/mol. The smallest absolute Gasteiger partial charge is 0.192 e. The standard InChI is InChI=1S/C24H37BrO3Si/c1-5-9-10-12-23(26)13-11-14-24(28-29(6-2,7-3)8-4)20-27-19-21-15-17-22(25)18-16-21/h5,15-18,23-24,26H,1,6-10,12,14,19-20H2,2-4H3/t23?,24-/m0/s1. The van der Waals surface area contributed by atoms with Crippen molar-refractivity contribution >= 4 is 24.2 Å². The Kier molecular flexibility index (Phi) is 13.5. The zero-order valence-electron chi connectivity index (χ0n) is 18.3. The van der Waals surface area contributed by atoms with E-state index in [-0.39, 0.29) is 6.10 Å². The van der Waals surface area contributed by atoms with Crippen molar-refractivity contribution in [2.75, 3.05) is 6.61 Å². The van der Waals surface area contributed by atoms with Crippen LogP contribution >= 0.6 is 15.9 Å². The highest BCUT2D eigenvalue weighted by Crippen LogP contribution is 2.24. The number of ether oxygens (including phenoxy) is 1. The number of benzene rings is 1. The van der Waals surface area contributed by atoms with Gasteiger partial charge in [0.15, 0.2) is 8.32 Å². The van der Waals surface area contributed by atoms with Crippen molar-refractivity contribution in [3.63, 3.8) is 0 Å². The fourth-order valence-corrected chi connectivity index (χ4v) is 6.32. The van der Waals surface area contributed by atoms with Crippen molar-refractivity contribution in [1.82, 2.24) is 0 Å². The summed E-state index contributed by atoms with van der Waals surface area (Å²) >= 11 is 3.46. The van der Waals surface area contributed by atoms with Crippen LogP contribution in [0.25, 0.3) is 0 Å². The van der Waals surface area contributed by atoms with Crippen LogP contribution in [0, 0.1) is 11.8 Å². The number of aliphatic hydroxyl groups is 1. The van der Waals surface area contributed by atoms with Crippen LogP contribution in [0.3, 0.4) is 0 Å². The van der Waals surface area contributed by atoms with E-state index in [1.54, 1.807) is 0 Å². The lowest BCUT2D eigenvalue weighted by molar-refractivity contribution is 0.0379. The van der Waals surface area contributed by atoms with Crippen LogP contribution in [-0.4, -0.2) is 32.2 Å².